The fourth-order valence-corrected chi connectivity index (χ4v) is 2.12. The van der Waals surface area contributed by atoms with Crippen molar-refractivity contribution in [3.63, 3.8) is 0 Å². The topological polar surface area (TPSA) is 32.3 Å². The van der Waals surface area contributed by atoms with Gasteiger partial charge in [-0.2, -0.15) is 0 Å². The zero-order valence-corrected chi connectivity index (χ0v) is 6.73. The molecule has 2 fully saturated rings. The first-order chi connectivity index (χ1) is 4.38. The van der Waals surface area contributed by atoms with Crippen molar-refractivity contribution in [2.75, 3.05) is 6.54 Å². The molecule has 0 radical (unpaired) electrons. The molecule has 2 nitrogen and oxygen atoms in total. The van der Waals surface area contributed by atoms with E-state index in [0.717, 1.165) is 18.9 Å². The predicted octanol–water partition coefficient (Wildman–Crippen LogP) is 0.541. The van der Waals surface area contributed by atoms with Crippen molar-refractivity contribution in [3.05, 3.63) is 0 Å². The van der Waals surface area contributed by atoms with E-state index in [2.05, 4.69) is 5.32 Å². The third-order valence-electron chi connectivity index (χ3n) is 2.65. The molecule has 60 valence electrons. The Morgan fingerprint density at radius 1 is 1.20 bits per heavy atom. The second-order valence-electron chi connectivity index (χ2n) is 3.17. The summed E-state index contributed by atoms with van der Waals surface area (Å²) in [7, 11) is 0. The van der Waals surface area contributed by atoms with Gasteiger partial charge in [0.15, 0.2) is 0 Å². The first-order valence-corrected chi connectivity index (χ1v) is 3.79. The number of nitrogens with one attached hydrogen (secondary N) is 1. The molecule has 0 amide bonds. The largest absolute Gasteiger partial charge is 0.391 e. The molecular weight excluding hydrogens is 150 g/mol. The summed E-state index contributed by atoms with van der Waals surface area (Å²) < 4.78 is 0. The Balaban J connectivity index is 0.000000500. The van der Waals surface area contributed by atoms with Gasteiger partial charge in [-0.15, -0.1) is 12.4 Å². The van der Waals surface area contributed by atoms with E-state index in [4.69, 9.17) is 0 Å². The van der Waals surface area contributed by atoms with Crippen molar-refractivity contribution in [2.24, 2.45) is 5.92 Å². The minimum Gasteiger partial charge on any atom is -0.391 e. The van der Waals surface area contributed by atoms with E-state index in [0.29, 0.717) is 6.04 Å². The Morgan fingerprint density at radius 2 is 2.00 bits per heavy atom. The van der Waals surface area contributed by atoms with Gasteiger partial charge in [-0.25, -0.2) is 0 Å². The number of halogens is 1. The van der Waals surface area contributed by atoms with Gasteiger partial charge in [-0.3, -0.25) is 0 Å². The molecule has 0 aromatic heterocycles. The van der Waals surface area contributed by atoms with Crippen LogP contribution >= 0.6 is 12.4 Å². The van der Waals surface area contributed by atoms with E-state index in [1.807, 2.05) is 0 Å². The Bertz CT molecular complexity index is 120. The summed E-state index contributed by atoms with van der Waals surface area (Å²) >= 11 is 0. The highest BCUT2D eigenvalue weighted by molar-refractivity contribution is 5.85. The molecule has 2 rings (SSSR count). The molecule has 0 spiro atoms. The smallest absolute Gasteiger partial charge is 0.0696 e. The predicted molar refractivity (Wildman–Crippen MR) is 42.4 cm³/mol. The molecule has 1 aliphatic carbocycles. The molecule has 1 aliphatic heterocycles. The molecule has 1 heterocycles. The summed E-state index contributed by atoms with van der Waals surface area (Å²) in [5, 5.41) is 12.7. The van der Waals surface area contributed by atoms with Crippen molar-refractivity contribution < 1.29 is 5.11 Å². The van der Waals surface area contributed by atoms with Gasteiger partial charge < -0.3 is 10.4 Å². The van der Waals surface area contributed by atoms with Crippen LogP contribution < -0.4 is 5.32 Å². The summed E-state index contributed by atoms with van der Waals surface area (Å²) in [5.74, 6) is 0.792. The number of rotatable bonds is 0. The lowest BCUT2D eigenvalue weighted by Crippen LogP contribution is -2.33. The van der Waals surface area contributed by atoms with Gasteiger partial charge in [0.25, 0.3) is 0 Å². The molecule has 2 N–H and O–H groups in total. The number of hydrogen-bond acceptors (Lipinski definition) is 2. The minimum atomic E-state index is -0.0440. The third kappa shape index (κ3) is 1.16. The van der Waals surface area contributed by atoms with Gasteiger partial charge in [0, 0.05) is 6.04 Å². The molecule has 2 aliphatic rings. The summed E-state index contributed by atoms with van der Waals surface area (Å²) in [4.78, 5) is 0. The fraction of sp³-hybridized carbons (Fsp3) is 1.00. The van der Waals surface area contributed by atoms with Crippen LogP contribution in [0, 0.1) is 5.92 Å². The summed E-state index contributed by atoms with van der Waals surface area (Å²) in [6.45, 7) is 1.12. The number of aliphatic hydroxyl groups excluding tert-OH is 1. The lowest BCUT2D eigenvalue weighted by Gasteiger charge is -2.11. The summed E-state index contributed by atoms with van der Waals surface area (Å²) in [5.41, 5.74) is 0. The quantitative estimate of drug-likeness (QED) is 0.547. The van der Waals surface area contributed by atoms with E-state index in [-0.39, 0.29) is 18.5 Å². The molecule has 3 atom stereocenters. The van der Waals surface area contributed by atoms with Gasteiger partial charge in [0.1, 0.15) is 0 Å². The molecule has 3 heteroatoms. The van der Waals surface area contributed by atoms with E-state index in [1.165, 1.54) is 12.8 Å². The molecule has 1 saturated heterocycles. The molecular formula is C7H14ClNO. The highest BCUT2D eigenvalue weighted by atomic mass is 35.5. The van der Waals surface area contributed by atoms with Gasteiger partial charge in [-0.1, -0.05) is 0 Å². The SMILES string of the molecule is Cl.O[C@H]1CC[C@@H]2CCN[C@@H]21. The van der Waals surface area contributed by atoms with Gasteiger partial charge in [-0.05, 0) is 31.7 Å². The zero-order chi connectivity index (χ0) is 6.27. The van der Waals surface area contributed by atoms with Crippen LogP contribution in [0.2, 0.25) is 0 Å². The normalized spacial score (nSPS) is 44.7. The Morgan fingerprint density at radius 3 is 2.70 bits per heavy atom. The Labute approximate surface area is 67.4 Å². The lowest BCUT2D eigenvalue weighted by atomic mass is 10.0. The van der Waals surface area contributed by atoms with E-state index in [1.54, 1.807) is 0 Å². The second kappa shape index (κ2) is 3.07. The van der Waals surface area contributed by atoms with Crippen LogP contribution in [0.3, 0.4) is 0 Å². The Kier molecular flexibility index (Phi) is 2.55. The average Bonchev–Trinajstić information content (AvgIpc) is 2.35. The highest BCUT2D eigenvalue weighted by Crippen LogP contribution is 2.31. The second-order valence-corrected chi connectivity index (χ2v) is 3.17. The van der Waals surface area contributed by atoms with E-state index < -0.39 is 0 Å². The first kappa shape index (κ1) is 8.31. The molecule has 0 aromatic carbocycles. The van der Waals surface area contributed by atoms with Crippen LogP contribution in [0.25, 0.3) is 0 Å². The molecule has 10 heavy (non-hydrogen) atoms. The van der Waals surface area contributed by atoms with Crippen LogP contribution in [0.5, 0.6) is 0 Å². The zero-order valence-electron chi connectivity index (χ0n) is 5.92. The molecule has 0 bridgehead atoms. The van der Waals surface area contributed by atoms with Crippen LogP contribution in [-0.2, 0) is 0 Å². The summed E-state index contributed by atoms with van der Waals surface area (Å²) in [6.07, 6.45) is 3.49. The lowest BCUT2D eigenvalue weighted by molar-refractivity contribution is 0.151. The monoisotopic (exact) mass is 163 g/mol. The van der Waals surface area contributed by atoms with Gasteiger partial charge >= 0.3 is 0 Å². The highest BCUT2D eigenvalue weighted by Gasteiger charge is 2.37. The summed E-state index contributed by atoms with van der Waals surface area (Å²) in [6, 6.07) is 0.449. The maximum absolute atomic E-state index is 9.34. The minimum absolute atomic E-state index is 0. The van der Waals surface area contributed by atoms with Crippen molar-refractivity contribution in [1.82, 2.24) is 5.32 Å². The average molecular weight is 164 g/mol. The molecule has 0 aromatic rings. The molecule has 0 unspecified atom stereocenters. The third-order valence-corrected chi connectivity index (χ3v) is 2.65. The first-order valence-electron chi connectivity index (χ1n) is 3.79. The number of hydrogen-bond donors (Lipinski definition) is 2. The fourth-order valence-electron chi connectivity index (χ4n) is 2.12. The van der Waals surface area contributed by atoms with Crippen molar-refractivity contribution >= 4 is 12.4 Å². The van der Waals surface area contributed by atoms with Crippen molar-refractivity contribution in [3.8, 4) is 0 Å². The standard InChI is InChI=1S/C7H13NO.ClH/c9-6-2-1-5-3-4-8-7(5)6;/h5-9H,1-4H2;1H/t5-,6+,7+;/m1./s1. The van der Waals surface area contributed by atoms with Crippen LogP contribution in [0.4, 0.5) is 0 Å². The number of aliphatic hydroxyl groups is 1. The van der Waals surface area contributed by atoms with E-state index >= 15 is 0 Å². The van der Waals surface area contributed by atoms with Crippen LogP contribution in [0.15, 0.2) is 0 Å². The van der Waals surface area contributed by atoms with Gasteiger partial charge in [0.2, 0.25) is 0 Å². The molecule has 1 saturated carbocycles. The maximum atomic E-state index is 9.34. The number of fused-ring (bicyclic) bond motifs is 1. The van der Waals surface area contributed by atoms with Crippen LogP contribution in [0.1, 0.15) is 19.3 Å². The van der Waals surface area contributed by atoms with E-state index in [9.17, 15) is 5.11 Å². The Hall–Kier alpha value is 0.210. The van der Waals surface area contributed by atoms with Gasteiger partial charge in [0.05, 0.1) is 6.10 Å². The maximum Gasteiger partial charge on any atom is 0.0696 e. The van der Waals surface area contributed by atoms with Crippen LogP contribution in [-0.4, -0.2) is 23.8 Å². The van der Waals surface area contributed by atoms with Crippen molar-refractivity contribution in [1.29, 1.82) is 0 Å². The van der Waals surface area contributed by atoms with Crippen molar-refractivity contribution in [2.45, 2.75) is 31.4 Å².